The topological polar surface area (TPSA) is 55.0 Å². The Hall–Kier alpha value is -1.60. The Bertz CT molecular complexity index is 746. The molecule has 4 nitrogen and oxygen atoms in total. The smallest absolute Gasteiger partial charge is 0.342 e. The summed E-state index contributed by atoms with van der Waals surface area (Å²) >= 11 is 8.39. The van der Waals surface area contributed by atoms with Crippen LogP contribution in [0.2, 0.25) is 0 Å². The molecule has 0 unspecified atom stereocenters. The molecule has 0 bridgehead atoms. The second-order valence-corrected chi connectivity index (χ2v) is 5.25. The number of carbonyl (C=O) groups is 1. The van der Waals surface area contributed by atoms with Crippen molar-refractivity contribution in [3.05, 3.63) is 44.4 Å². The fourth-order valence-electron chi connectivity index (χ4n) is 1.74. The number of hydrogen-bond donors (Lipinski definition) is 1. The monoisotopic (exact) mass is 356 g/mol. The number of esters is 1. The Morgan fingerprint density at radius 3 is 2.75 bits per heavy atom. The third kappa shape index (κ3) is 2.78. The molecule has 0 amide bonds. The first-order chi connectivity index (χ1) is 9.43. The van der Waals surface area contributed by atoms with Gasteiger partial charge in [0, 0.05) is 15.7 Å². The van der Waals surface area contributed by atoms with Gasteiger partial charge in [-0.05, 0) is 41.1 Å². The average molecular weight is 357 g/mol. The van der Waals surface area contributed by atoms with Crippen LogP contribution in [-0.2, 0) is 4.74 Å². The van der Waals surface area contributed by atoms with Gasteiger partial charge in [0.05, 0.1) is 7.11 Å². The number of aromatic nitrogens is 2. The summed E-state index contributed by atoms with van der Waals surface area (Å²) in [5.74, 6) is -0.449. The van der Waals surface area contributed by atoms with Gasteiger partial charge in [0.15, 0.2) is 0 Å². The largest absolute Gasteiger partial charge is 0.465 e. The first-order valence-electron chi connectivity index (χ1n) is 5.58. The minimum absolute atomic E-state index is 0.138. The summed E-state index contributed by atoms with van der Waals surface area (Å²) < 4.78 is 18.4. The molecule has 1 N–H and O–H groups in total. The molecule has 0 saturated heterocycles. The van der Waals surface area contributed by atoms with Gasteiger partial charge in [-0.15, -0.1) is 0 Å². The van der Waals surface area contributed by atoms with Crippen molar-refractivity contribution in [3.63, 3.8) is 0 Å². The number of aromatic amines is 1. The van der Waals surface area contributed by atoms with E-state index in [1.165, 1.54) is 19.2 Å². The fourth-order valence-corrected chi connectivity index (χ4v) is 2.60. The third-order valence-corrected chi connectivity index (χ3v) is 3.64. The minimum Gasteiger partial charge on any atom is -0.465 e. The highest BCUT2D eigenvalue weighted by molar-refractivity contribution is 9.10. The SMILES string of the molecule is COC(=O)c1c(C)[nH]c(-c2ccc(F)cc2Br)nc1=S. The van der Waals surface area contributed by atoms with Crippen molar-refractivity contribution in [2.75, 3.05) is 7.11 Å². The molecule has 0 aliphatic rings. The van der Waals surface area contributed by atoms with E-state index in [1.807, 2.05) is 0 Å². The zero-order chi connectivity index (χ0) is 14.9. The van der Waals surface area contributed by atoms with E-state index in [0.717, 1.165) is 0 Å². The van der Waals surface area contributed by atoms with Crippen LogP contribution in [0.5, 0.6) is 0 Å². The van der Waals surface area contributed by atoms with Crippen molar-refractivity contribution >= 4 is 34.1 Å². The maximum absolute atomic E-state index is 13.1. The predicted octanol–water partition coefficient (Wildman–Crippen LogP) is 3.80. The number of nitrogens with one attached hydrogen (secondary N) is 1. The Kier molecular flexibility index (Phi) is 4.29. The molecule has 1 aromatic heterocycles. The van der Waals surface area contributed by atoms with Crippen LogP contribution in [0.4, 0.5) is 4.39 Å². The van der Waals surface area contributed by atoms with Gasteiger partial charge >= 0.3 is 5.97 Å². The molecule has 7 heteroatoms. The van der Waals surface area contributed by atoms with Crippen molar-refractivity contribution in [1.82, 2.24) is 9.97 Å². The zero-order valence-corrected chi connectivity index (χ0v) is 13.1. The summed E-state index contributed by atoms with van der Waals surface area (Å²) in [6.07, 6.45) is 0. The number of hydrogen-bond acceptors (Lipinski definition) is 4. The fraction of sp³-hybridized carbons (Fsp3) is 0.154. The van der Waals surface area contributed by atoms with Crippen LogP contribution in [0.1, 0.15) is 16.1 Å². The molecular formula is C13H10BrFN2O2S. The number of carbonyl (C=O) groups excluding carboxylic acids is 1. The highest BCUT2D eigenvalue weighted by atomic mass is 79.9. The number of methoxy groups -OCH3 is 1. The van der Waals surface area contributed by atoms with E-state index in [9.17, 15) is 9.18 Å². The lowest BCUT2D eigenvalue weighted by Gasteiger charge is -2.09. The molecule has 0 aliphatic carbocycles. The molecule has 0 saturated carbocycles. The Balaban J connectivity index is 2.61. The van der Waals surface area contributed by atoms with E-state index in [2.05, 4.69) is 30.6 Å². The Labute approximate surface area is 128 Å². The highest BCUT2D eigenvalue weighted by Gasteiger charge is 2.16. The van der Waals surface area contributed by atoms with Crippen molar-refractivity contribution in [2.24, 2.45) is 0 Å². The molecule has 104 valence electrons. The summed E-state index contributed by atoms with van der Waals surface area (Å²) in [7, 11) is 1.28. The van der Waals surface area contributed by atoms with Gasteiger partial charge in [-0.25, -0.2) is 14.2 Å². The minimum atomic E-state index is -0.541. The molecule has 2 rings (SSSR count). The van der Waals surface area contributed by atoms with Gasteiger partial charge in [-0.2, -0.15) is 0 Å². The van der Waals surface area contributed by atoms with E-state index in [4.69, 9.17) is 12.2 Å². The number of halogens is 2. The number of nitrogens with zero attached hydrogens (tertiary/aromatic N) is 1. The number of aryl methyl sites for hydroxylation is 1. The van der Waals surface area contributed by atoms with E-state index >= 15 is 0 Å². The van der Waals surface area contributed by atoms with Crippen molar-refractivity contribution in [1.29, 1.82) is 0 Å². The summed E-state index contributed by atoms with van der Waals surface area (Å²) in [4.78, 5) is 18.8. The molecule has 1 aromatic carbocycles. The maximum Gasteiger partial charge on any atom is 0.342 e. The van der Waals surface area contributed by atoms with Crippen LogP contribution in [0.3, 0.4) is 0 Å². The lowest BCUT2D eigenvalue weighted by Crippen LogP contribution is -2.09. The van der Waals surface area contributed by atoms with Gasteiger partial charge in [0.2, 0.25) is 0 Å². The van der Waals surface area contributed by atoms with Crippen LogP contribution >= 0.6 is 28.1 Å². The summed E-state index contributed by atoms with van der Waals surface area (Å²) in [5, 5.41) is 0. The maximum atomic E-state index is 13.1. The molecular weight excluding hydrogens is 347 g/mol. The Morgan fingerprint density at radius 1 is 1.50 bits per heavy atom. The first kappa shape index (κ1) is 14.8. The average Bonchev–Trinajstić information content (AvgIpc) is 2.37. The number of H-pyrrole nitrogens is 1. The lowest BCUT2D eigenvalue weighted by atomic mass is 10.2. The first-order valence-corrected chi connectivity index (χ1v) is 6.79. The van der Waals surface area contributed by atoms with E-state index in [-0.39, 0.29) is 16.0 Å². The van der Waals surface area contributed by atoms with Crippen molar-refractivity contribution in [3.8, 4) is 11.4 Å². The molecule has 0 spiro atoms. The second kappa shape index (κ2) is 5.80. The normalized spacial score (nSPS) is 10.4. The predicted molar refractivity (Wildman–Crippen MR) is 78.6 cm³/mol. The molecule has 0 radical (unpaired) electrons. The van der Waals surface area contributed by atoms with Gasteiger partial charge < -0.3 is 9.72 Å². The quantitative estimate of drug-likeness (QED) is 0.656. The molecule has 0 atom stereocenters. The van der Waals surface area contributed by atoms with Gasteiger partial charge in [-0.3, -0.25) is 0 Å². The summed E-state index contributed by atoms with van der Waals surface area (Å²) in [5.41, 5.74) is 1.42. The van der Waals surface area contributed by atoms with Crippen LogP contribution < -0.4 is 0 Å². The second-order valence-electron chi connectivity index (χ2n) is 4.01. The van der Waals surface area contributed by atoms with Gasteiger partial charge in [0.25, 0.3) is 0 Å². The standard InChI is InChI=1S/C13H10BrFN2O2S/c1-6-10(13(18)19-2)12(20)17-11(16-6)8-4-3-7(15)5-9(8)14/h3-5H,1-2H3,(H,16,17,20). The highest BCUT2D eigenvalue weighted by Crippen LogP contribution is 2.27. The van der Waals surface area contributed by atoms with Crippen LogP contribution in [0.15, 0.2) is 22.7 Å². The number of benzene rings is 1. The lowest BCUT2D eigenvalue weighted by molar-refractivity contribution is 0.0598. The zero-order valence-electron chi connectivity index (χ0n) is 10.7. The van der Waals surface area contributed by atoms with Crippen LogP contribution in [0.25, 0.3) is 11.4 Å². The number of rotatable bonds is 2. The summed E-state index contributed by atoms with van der Waals surface area (Å²) in [6.45, 7) is 1.70. The molecule has 20 heavy (non-hydrogen) atoms. The van der Waals surface area contributed by atoms with Gasteiger partial charge in [-0.1, -0.05) is 12.2 Å². The molecule has 0 aliphatic heterocycles. The van der Waals surface area contributed by atoms with Crippen LogP contribution in [-0.4, -0.2) is 23.0 Å². The Morgan fingerprint density at radius 2 is 2.20 bits per heavy atom. The van der Waals surface area contributed by atoms with E-state index in [1.54, 1.807) is 13.0 Å². The molecule has 1 heterocycles. The van der Waals surface area contributed by atoms with Crippen molar-refractivity contribution in [2.45, 2.75) is 6.92 Å². The summed E-state index contributed by atoms with van der Waals surface area (Å²) in [6, 6.07) is 4.23. The van der Waals surface area contributed by atoms with Crippen LogP contribution in [0, 0.1) is 17.4 Å². The van der Waals surface area contributed by atoms with Crippen molar-refractivity contribution < 1.29 is 13.9 Å². The van der Waals surface area contributed by atoms with E-state index in [0.29, 0.717) is 21.6 Å². The molecule has 0 fully saturated rings. The number of ether oxygens (including phenoxy) is 1. The third-order valence-electron chi connectivity index (χ3n) is 2.68. The molecule has 2 aromatic rings. The van der Waals surface area contributed by atoms with Gasteiger partial charge in [0.1, 0.15) is 21.8 Å². The van der Waals surface area contributed by atoms with E-state index < -0.39 is 5.97 Å².